The lowest BCUT2D eigenvalue weighted by atomic mass is 10.0. The van der Waals surface area contributed by atoms with Crippen molar-refractivity contribution >= 4 is 62.3 Å². The van der Waals surface area contributed by atoms with E-state index in [4.69, 9.17) is 23.2 Å². The summed E-state index contributed by atoms with van der Waals surface area (Å²) in [5, 5.41) is 13.3. The molecule has 43 heavy (non-hydrogen) atoms. The summed E-state index contributed by atoms with van der Waals surface area (Å²) in [4.78, 5) is 12.9. The molecule has 0 radical (unpaired) electrons. The maximum Gasteiger partial charge on any atom is 0.261 e. The molecule has 8 nitrogen and oxygen atoms in total. The number of aromatic nitrogens is 3. The summed E-state index contributed by atoms with van der Waals surface area (Å²) in [6.45, 7) is 8.33. The van der Waals surface area contributed by atoms with Gasteiger partial charge in [-0.15, -0.1) is 10.2 Å². The van der Waals surface area contributed by atoms with Gasteiger partial charge >= 0.3 is 0 Å². The smallest absolute Gasteiger partial charge is 0.261 e. The van der Waals surface area contributed by atoms with Crippen LogP contribution in [0.25, 0.3) is 11.4 Å². The van der Waals surface area contributed by atoms with Crippen LogP contribution < -0.4 is 10.0 Å². The van der Waals surface area contributed by atoms with Gasteiger partial charge in [0.1, 0.15) is 0 Å². The zero-order valence-electron chi connectivity index (χ0n) is 24.5. The SMILES string of the molecule is Cc1c(Cl)cccc1NC(=O)CSc1nnc(-c2cccc(S(=O)(=O)Nc3ccccc3Cl)c2)n1[C@@H](C)CCCC(C)C. The van der Waals surface area contributed by atoms with Crippen LogP contribution in [0.2, 0.25) is 10.0 Å². The Balaban J connectivity index is 1.61. The van der Waals surface area contributed by atoms with Crippen LogP contribution in [0.1, 0.15) is 51.6 Å². The second-order valence-corrected chi connectivity index (χ2v) is 14.2. The predicted molar refractivity (Wildman–Crippen MR) is 177 cm³/mol. The minimum atomic E-state index is -3.93. The molecule has 0 bridgehead atoms. The normalized spacial score (nSPS) is 12.3. The van der Waals surface area contributed by atoms with E-state index in [2.05, 4.69) is 41.0 Å². The van der Waals surface area contributed by atoms with Gasteiger partial charge in [0.25, 0.3) is 10.0 Å². The average molecular weight is 661 g/mol. The molecule has 0 fully saturated rings. The van der Waals surface area contributed by atoms with Crippen molar-refractivity contribution in [1.82, 2.24) is 14.8 Å². The van der Waals surface area contributed by atoms with Crippen LogP contribution >= 0.6 is 35.0 Å². The number of amides is 1. The fourth-order valence-corrected chi connectivity index (χ4v) is 6.90. The van der Waals surface area contributed by atoms with Crippen LogP contribution in [0.4, 0.5) is 11.4 Å². The van der Waals surface area contributed by atoms with Gasteiger partial charge in [0.05, 0.1) is 21.4 Å². The first-order valence-electron chi connectivity index (χ1n) is 14.0. The fourth-order valence-electron chi connectivity index (χ4n) is 4.53. The summed E-state index contributed by atoms with van der Waals surface area (Å²) in [6, 6.07) is 18.6. The zero-order valence-corrected chi connectivity index (χ0v) is 27.6. The van der Waals surface area contributed by atoms with Crippen molar-refractivity contribution in [2.75, 3.05) is 15.8 Å². The zero-order chi connectivity index (χ0) is 31.1. The van der Waals surface area contributed by atoms with Crippen LogP contribution in [0.15, 0.2) is 76.8 Å². The Morgan fingerprint density at radius 3 is 2.37 bits per heavy atom. The number of nitrogens with one attached hydrogen (secondary N) is 2. The molecule has 0 aliphatic rings. The van der Waals surface area contributed by atoms with Crippen LogP contribution in [0.3, 0.4) is 0 Å². The number of hydrogen-bond donors (Lipinski definition) is 2. The molecule has 2 N–H and O–H groups in total. The molecular weight excluding hydrogens is 625 g/mol. The van der Waals surface area contributed by atoms with E-state index < -0.39 is 10.0 Å². The van der Waals surface area contributed by atoms with Crippen LogP contribution in [0.5, 0.6) is 0 Å². The van der Waals surface area contributed by atoms with Gasteiger partial charge in [0.2, 0.25) is 5.91 Å². The Kier molecular flexibility index (Phi) is 11.2. The molecule has 1 atom stereocenters. The second kappa shape index (κ2) is 14.6. The number of carbonyl (C=O) groups is 1. The maximum atomic E-state index is 13.3. The summed E-state index contributed by atoms with van der Waals surface area (Å²) < 4.78 is 31.1. The quantitative estimate of drug-likeness (QED) is 0.139. The minimum Gasteiger partial charge on any atom is -0.325 e. The van der Waals surface area contributed by atoms with E-state index in [0.29, 0.717) is 43.9 Å². The lowest BCUT2D eigenvalue weighted by Crippen LogP contribution is -2.16. The van der Waals surface area contributed by atoms with Crippen molar-refractivity contribution in [3.63, 3.8) is 0 Å². The molecule has 3 aromatic carbocycles. The van der Waals surface area contributed by atoms with Crippen molar-refractivity contribution < 1.29 is 13.2 Å². The maximum absolute atomic E-state index is 13.3. The number of benzene rings is 3. The van der Waals surface area contributed by atoms with Gasteiger partial charge < -0.3 is 5.32 Å². The van der Waals surface area contributed by atoms with E-state index >= 15 is 0 Å². The van der Waals surface area contributed by atoms with E-state index in [0.717, 1.165) is 24.8 Å². The van der Waals surface area contributed by atoms with Gasteiger partial charge in [-0.05, 0) is 68.1 Å². The minimum absolute atomic E-state index is 0.00555. The molecule has 0 aliphatic carbocycles. The van der Waals surface area contributed by atoms with Gasteiger partial charge in [-0.3, -0.25) is 14.1 Å². The monoisotopic (exact) mass is 659 g/mol. The van der Waals surface area contributed by atoms with Crippen LogP contribution in [-0.4, -0.2) is 34.8 Å². The number of carbonyl (C=O) groups excluding carboxylic acids is 1. The van der Waals surface area contributed by atoms with Gasteiger partial charge in [0.15, 0.2) is 11.0 Å². The van der Waals surface area contributed by atoms with Crippen LogP contribution in [0, 0.1) is 12.8 Å². The third kappa shape index (κ3) is 8.53. The highest BCUT2D eigenvalue weighted by Crippen LogP contribution is 2.32. The van der Waals surface area contributed by atoms with Gasteiger partial charge in [-0.2, -0.15) is 0 Å². The highest BCUT2D eigenvalue weighted by atomic mass is 35.5. The highest BCUT2D eigenvalue weighted by molar-refractivity contribution is 7.99. The molecule has 4 rings (SSSR count). The molecule has 228 valence electrons. The predicted octanol–water partition coefficient (Wildman–Crippen LogP) is 8.48. The summed E-state index contributed by atoms with van der Waals surface area (Å²) in [5.41, 5.74) is 2.34. The molecule has 0 saturated carbocycles. The highest BCUT2D eigenvalue weighted by Gasteiger charge is 2.23. The topological polar surface area (TPSA) is 106 Å². The van der Waals surface area contributed by atoms with Crippen molar-refractivity contribution in [3.05, 3.63) is 82.3 Å². The third-order valence-corrected chi connectivity index (χ3v) is 9.95. The number of rotatable bonds is 13. The first-order chi connectivity index (χ1) is 20.5. The Hall–Kier alpha value is -3.05. The van der Waals surface area contributed by atoms with E-state index in [1.54, 1.807) is 54.6 Å². The van der Waals surface area contributed by atoms with Gasteiger partial charge in [0, 0.05) is 22.3 Å². The summed E-state index contributed by atoms with van der Waals surface area (Å²) in [7, 11) is -3.93. The Bertz CT molecular complexity index is 1690. The molecule has 1 amide bonds. The number of sulfonamides is 1. The first-order valence-corrected chi connectivity index (χ1v) is 17.2. The van der Waals surface area contributed by atoms with Crippen molar-refractivity contribution in [3.8, 4) is 11.4 Å². The largest absolute Gasteiger partial charge is 0.325 e. The second-order valence-electron chi connectivity index (χ2n) is 10.7. The molecular formula is C31H35Cl2N5O3S2. The number of nitrogens with zero attached hydrogens (tertiary/aromatic N) is 3. The van der Waals surface area contributed by atoms with Crippen LogP contribution in [-0.2, 0) is 14.8 Å². The number of hydrogen-bond acceptors (Lipinski definition) is 6. The Morgan fingerprint density at radius 1 is 0.930 bits per heavy atom. The number of halogens is 2. The van der Waals surface area contributed by atoms with E-state index in [-0.39, 0.29) is 22.6 Å². The van der Waals surface area contributed by atoms with Gasteiger partial charge in [-0.1, -0.05) is 92.0 Å². The summed E-state index contributed by atoms with van der Waals surface area (Å²) in [6.07, 6.45) is 2.95. The molecule has 12 heteroatoms. The Labute approximate surface area is 267 Å². The molecule has 4 aromatic rings. The number of thioether (sulfide) groups is 1. The standard InChI is InChI=1S/C31H35Cl2N5O3S2/c1-20(2)10-7-11-21(3)38-30(35-36-31(38)42-19-29(39)34-27-17-9-15-25(32)22(27)4)23-12-8-13-24(18-23)43(40,41)37-28-16-6-5-14-26(28)33/h5-6,8-9,12-18,20-21,37H,7,10-11,19H2,1-4H3,(H,34,39)/t21-/m0/s1. The molecule has 0 aliphatic heterocycles. The molecule has 0 unspecified atom stereocenters. The lowest BCUT2D eigenvalue weighted by molar-refractivity contribution is -0.113. The first kappa shape index (κ1) is 32.9. The summed E-state index contributed by atoms with van der Waals surface area (Å²) >= 11 is 13.7. The number of anilines is 2. The molecule has 1 heterocycles. The average Bonchev–Trinajstić information content (AvgIpc) is 3.39. The number of para-hydroxylation sites is 1. The third-order valence-electron chi connectivity index (χ3n) is 6.90. The fraction of sp³-hybridized carbons (Fsp3) is 0.323. The van der Waals surface area contributed by atoms with E-state index in [1.807, 2.05) is 17.6 Å². The van der Waals surface area contributed by atoms with E-state index in [9.17, 15) is 13.2 Å². The van der Waals surface area contributed by atoms with Gasteiger partial charge in [-0.25, -0.2) is 8.42 Å². The van der Waals surface area contributed by atoms with E-state index in [1.165, 1.54) is 17.8 Å². The Morgan fingerprint density at radius 2 is 1.63 bits per heavy atom. The molecule has 0 saturated heterocycles. The lowest BCUT2D eigenvalue weighted by Gasteiger charge is -2.19. The van der Waals surface area contributed by atoms with Crippen molar-refractivity contribution in [2.45, 2.75) is 63.1 Å². The molecule has 1 aromatic heterocycles. The molecule has 0 spiro atoms. The van der Waals surface area contributed by atoms with Crippen molar-refractivity contribution in [2.24, 2.45) is 5.92 Å². The van der Waals surface area contributed by atoms with Crippen molar-refractivity contribution in [1.29, 1.82) is 0 Å². The summed E-state index contributed by atoms with van der Waals surface area (Å²) in [5.74, 6) is 1.02.